The number of benzene rings is 4. The zero-order valence-electron chi connectivity index (χ0n) is 30.3. The summed E-state index contributed by atoms with van der Waals surface area (Å²) in [7, 11) is 3.40. The van der Waals surface area contributed by atoms with Crippen LogP contribution in [-0.4, -0.2) is 33.6 Å². The van der Waals surface area contributed by atoms with Crippen molar-refractivity contribution in [3.63, 3.8) is 0 Å². The van der Waals surface area contributed by atoms with Gasteiger partial charge in [0.2, 0.25) is 0 Å². The number of rotatable bonds is 7. The van der Waals surface area contributed by atoms with E-state index >= 15 is 0 Å². The van der Waals surface area contributed by atoms with E-state index in [1.54, 1.807) is 14.2 Å². The lowest BCUT2D eigenvalue weighted by Gasteiger charge is -2.25. The largest absolute Gasteiger partial charge is 0.496 e. The SMILES string of the molecule is COc1cccc(OC)c1-c1c(C(C)(C)C)nn(-c2cccc(Oc3ccc4c5ccccc5n(-c5cc(C)ccn5)c4c3)c2)c1C(C)(C)C. The first-order valence-electron chi connectivity index (χ1n) is 17.0. The van der Waals surface area contributed by atoms with Gasteiger partial charge in [-0.3, -0.25) is 4.57 Å². The van der Waals surface area contributed by atoms with Crippen LogP contribution in [0.15, 0.2) is 103 Å². The first-order chi connectivity index (χ1) is 23.9. The summed E-state index contributed by atoms with van der Waals surface area (Å²) in [6, 6.07) is 32.9. The lowest BCUT2D eigenvalue weighted by atomic mass is 9.80. The minimum atomic E-state index is -0.295. The van der Waals surface area contributed by atoms with Gasteiger partial charge in [-0.1, -0.05) is 71.9 Å². The van der Waals surface area contributed by atoms with Crippen molar-refractivity contribution in [1.82, 2.24) is 19.3 Å². The Bertz CT molecular complexity index is 2350. The summed E-state index contributed by atoms with van der Waals surface area (Å²) < 4.78 is 22.8. The Kier molecular flexibility index (Phi) is 8.17. The average Bonchev–Trinajstić information content (AvgIpc) is 3.65. The van der Waals surface area contributed by atoms with Crippen molar-refractivity contribution < 1.29 is 14.2 Å². The van der Waals surface area contributed by atoms with Gasteiger partial charge in [-0.2, -0.15) is 5.10 Å². The van der Waals surface area contributed by atoms with Gasteiger partial charge in [-0.15, -0.1) is 0 Å². The number of aryl methyl sites for hydroxylation is 1. The molecule has 7 aromatic rings. The number of fused-ring (bicyclic) bond motifs is 3. The second-order valence-corrected chi connectivity index (χ2v) is 14.8. The van der Waals surface area contributed by atoms with Crippen LogP contribution in [0.2, 0.25) is 0 Å². The maximum absolute atomic E-state index is 6.63. The Morgan fingerprint density at radius 2 is 1.30 bits per heavy atom. The first kappa shape index (κ1) is 33.0. The summed E-state index contributed by atoms with van der Waals surface area (Å²) in [6.45, 7) is 15.3. The molecule has 50 heavy (non-hydrogen) atoms. The fraction of sp³-hybridized carbons (Fsp3) is 0.256. The van der Waals surface area contributed by atoms with E-state index in [0.717, 1.165) is 73.3 Å². The Labute approximate surface area is 294 Å². The summed E-state index contributed by atoms with van der Waals surface area (Å²) in [5.41, 5.74) is 7.55. The molecule has 0 N–H and O–H groups in total. The van der Waals surface area contributed by atoms with Crippen LogP contribution in [0, 0.1) is 6.92 Å². The number of methoxy groups -OCH3 is 2. The van der Waals surface area contributed by atoms with Crippen LogP contribution in [0.25, 0.3) is 44.4 Å². The molecule has 0 unspecified atom stereocenters. The van der Waals surface area contributed by atoms with Gasteiger partial charge in [0.1, 0.15) is 28.8 Å². The van der Waals surface area contributed by atoms with Crippen LogP contribution < -0.4 is 14.2 Å². The van der Waals surface area contributed by atoms with Crippen molar-refractivity contribution in [3.05, 3.63) is 120 Å². The zero-order valence-corrected chi connectivity index (χ0v) is 30.3. The fourth-order valence-electron chi connectivity index (χ4n) is 6.88. The number of pyridine rings is 1. The molecule has 3 heterocycles. The molecule has 0 fully saturated rings. The molecule has 0 radical (unpaired) electrons. The number of aromatic nitrogens is 4. The molecule has 254 valence electrons. The number of nitrogens with zero attached hydrogens (tertiary/aromatic N) is 4. The Morgan fingerprint density at radius 1 is 0.620 bits per heavy atom. The quantitative estimate of drug-likeness (QED) is 0.170. The van der Waals surface area contributed by atoms with E-state index in [4.69, 9.17) is 24.3 Å². The topological polar surface area (TPSA) is 63.3 Å². The van der Waals surface area contributed by atoms with Crippen molar-refractivity contribution in [2.75, 3.05) is 14.2 Å². The van der Waals surface area contributed by atoms with Crippen LogP contribution in [0.1, 0.15) is 58.5 Å². The van der Waals surface area contributed by atoms with E-state index in [2.05, 4.69) is 112 Å². The fourth-order valence-corrected chi connectivity index (χ4v) is 6.88. The maximum Gasteiger partial charge on any atom is 0.137 e. The second kappa shape index (κ2) is 12.4. The van der Waals surface area contributed by atoms with Gasteiger partial charge in [0, 0.05) is 45.5 Å². The summed E-state index contributed by atoms with van der Waals surface area (Å²) in [6.07, 6.45) is 1.86. The molecule has 0 amide bonds. The molecule has 7 nitrogen and oxygen atoms in total. The highest BCUT2D eigenvalue weighted by Crippen LogP contribution is 2.48. The summed E-state index contributed by atoms with van der Waals surface area (Å²) in [5, 5.41) is 7.67. The smallest absolute Gasteiger partial charge is 0.137 e. The molecule has 7 rings (SSSR count). The van der Waals surface area contributed by atoms with E-state index in [0.29, 0.717) is 5.75 Å². The predicted octanol–water partition coefficient (Wildman–Crippen LogP) is 10.7. The lowest BCUT2D eigenvalue weighted by Crippen LogP contribution is -2.19. The molecule has 0 saturated carbocycles. The van der Waals surface area contributed by atoms with E-state index in [1.165, 1.54) is 5.39 Å². The van der Waals surface area contributed by atoms with Crippen LogP contribution >= 0.6 is 0 Å². The summed E-state index contributed by atoms with van der Waals surface area (Å²) in [4.78, 5) is 4.74. The van der Waals surface area contributed by atoms with Gasteiger partial charge < -0.3 is 14.2 Å². The van der Waals surface area contributed by atoms with Gasteiger partial charge in [0.15, 0.2) is 0 Å². The highest BCUT2D eigenvalue weighted by atomic mass is 16.5. The Balaban J connectivity index is 1.37. The molecular weight excluding hydrogens is 620 g/mol. The van der Waals surface area contributed by atoms with Crippen LogP contribution in [0.3, 0.4) is 0 Å². The molecule has 0 bridgehead atoms. The van der Waals surface area contributed by atoms with Crippen molar-refractivity contribution in [2.24, 2.45) is 0 Å². The normalized spacial score (nSPS) is 12.1. The molecule has 0 saturated heterocycles. The van der Waals surface area contributed by atoms with Crippen molar-refractivity contribution in [2.45, 2.75) is 59.3 Å². The summed E-state index contributed by atoms with van der Waals surface area (Å²) >= 11 is 0. The number of hydrogen-bond acceptors (Lipinski definition) is 5. The first-order valence-corrected chi connectivity index (χ1v) is 17.0. The van der Waals surface area contributed by atoms with E-state index < -0.39 is 0 Å². The van der Waals surface area contributed by atoms with E-state index in [9.17, 15) is 0 Å². The lowest BCUT2D eigenvalue weighted by molar-refractivity contribution is 0.397. The Morgan fingerprint density at radius 3 is 1.98 bits per heavy atom. The molecule has 7 heteroatoms. The van der Waals surface area contributed by atoms with Gasteiger partial charge in [-0.05, 0) is 67.1 Å². The predicted molar refractivity (Wildman–Crippen MR) is 203 cm³/mol. The molecule has 0 aliphatic carbocycles. The van der Waals surface area contributed by atoms with E-state index in [-0.39, 0.29) is 10.8 Å². The van der Waals surface area contributed by atoms with Gasteiger partial charge in [-0.25, -0.2) is 9.67 Å². The third-order valence-electron chi connectivity index (χ3n) is 9.06. The second-order valence-electron chi connectivity index (χ2n) is 14.8. The minimum absolute atomic E-state index is 0.277. The van der Waals surface area contributed by atoms with Crippen molar-refractivity contribution >= 4 is 21.8 Å². The number of hydrogen-bond donors (Lipinski definition) is 0. The van der Waals surface area contributed by atoms with E-state index in [1.807, 2.05) is 48.7 Å². The van der Waals surface area contributed by atoms with Crippen molar-refractivity contribution in [1.29, 1.82) is 0 Å². The zero-order chi connectivity index (χ0) is 35.4. The molecule has 0 aliphatic rings. The molecule has 0 atom stereocenters. The highest BCUT2D eigenvalue weighted by Gasteiger charge is 2.36. The van der Waals surface area contributed by atoms with Crippen LogP contribution in [0.5, 0.6) is 23.0 Å². The Hall–Kier alpha value is -5.56. The molecule has 3 aromatic heterocycles. The standard InChI is InChI=1S/C43H44N4O3/c1-27-22-23-44-37(24-27)46-33-17-11-10-16-31(33)32-21-20-30(26-34(32)46)50-29-15-12-14-28(25-29)47-41(43(5,6)7)39(40(45-47)42(2,3)4)38-35(48-8)18-13-19-36(38)49-9/h10-26H,1-9H3. The molecule has 4 aromatic carbocycles. The molecule has 0 aliphatic heterocycles. The minimum Gasteiger partial charge on any atom is -0.496 e. The average molecular weight is 665 g/mol. The van der Waals surface area contributed by atoms with Crippen molar-refractivity contribution in [3.8, 4) is 45.6 Å². The van der Waals surface area contributed by atoms with Gasteiger partial charge in [0.05, 0.1) is 47.9 Å². The maximum atomic E-state index is 6.63. The monoisotopic (exact) mass is 664 g/mol. The number of ether oxygens (including phenoxy) is 3. The molecule has 0 spiro atoms. The number of para-hydroxylation sites is 1. The van der Waals surface area contributed by atoms with Gasteiger partial charge >= 0.3 is 0 Å². The summed E-state index contributed by atoms with van der Waals surface area (Å²) in [5.74, 6) is 3.80. The van der Waals surface area contributed by atoms with Gasteiger partial charge in [0.25, 0.3) is 0 Å². The third kappa shape index (κ3) is 5.76. The highest BCUT2D eigenvalue weighted by molar-refractivity contribution is 6.09. The van der Waals surface area contributed by atoms with Crippen LogP contribution in [0.4, 0.5) is 0 Å². The van der Waals surface area contributed by atoms with Crippen LogP contribution in [-0.2, 0) is 10.8 Å². The third-order valence-corrected chi connectivity index (χ3v) is 9.06. The molecular formula is C43H44N4O3.